The van der Waals surface area contributed by atoms with Gasteiger partial charge in [-0.1, -0.05) is 36.7 Å². The summed E-state index contributed by atoms with van der Waals surface area (Å²) in [6.45, 7) is 7.11. The van der Waals surface area contributed by atoms with Crippen molar-refractivity contribution in [2.45, 2.75) is 39.0 Å². The molecule has 1 aliphatic heterocycles. The Labute approximate surface area is 169 Å². The van der Waals surface area contributed by atoms with Crippen LogP contribution in [-0.4, -0.2) is 30.6 Å². The molecule has 2 aromatic carbocycles. The highest BCUT2D eigenvalue weighted by Crippen LogP contribution is 2.27. The second-order valence-electron chi connectivity index (χ2n) is 6.74. The van der Waals surface area contributed by atoms with Crippen molar-refractivity contribution in [3.63, 3.8) is 0 Å². The molecule has 1 N–H and O–H groups in total. The van der Waals surface area contributed by atoms with Crippen molar-refractivity contribution >= 4 is 27.5 Å². The van der Waals surface area contributed by atoms with Gasteiger partial charge >= 0.3 is 0 Å². The molecule has 140 valence electrons. The predicted octanol–water partition coefficient (Wildman–Crippen LogP) is 5.26. The molecular weight excluding hydrogens is 412 g/mol. The van der Waals surface area contributed by atoms with E-state index in [1.807, 2.05) is 30.3 Å². The van der Waals surface area contributed by atoms with E-state index in [4.69, 9.17) is 16.3 Å². The first-order valence-corrected chi connectivity index (χ1v) is 10.4. The van der Waals surface area contributed by atoms with E-state index >= 15 is 0 Å². The number of halogens is 2. The molecular formula is C21H26BrClN2O. The van der Waals surface area contributed by atoms with Crippen LogP contribution >= 0.6 is 27.5 Å². The second kappa shape index (κ2) is 9.75. The summed E-state index contributed by atoms with van der Waals surface area (Å²) in [5.74, 6) is 0.858. The zero-order chi connectivity index (χ0) is 18.4. The van der Waals surface area contributed by atoms with Crippen LogP contribution in [0.3, 0.4) is 0 Å². The smallest absolute Gasteiger partial charge is 0.134 e. The largest absolute Gasteiger partial charge is 0.488 e. The number of rotatable bonds is 8. The van der Waals surface area contributed by atoms with E-state index in [9.17, 15) is 0 Å². The van der Waals surface area contributed by atoms with E-state index in [1.165, 1.54) is 24.9 Å². The molecule has 0 radical (unpaired) electrons. The summed E-state index contributed by atoms with van der Waals surface area (Å²) in [7, 11) is 0. The van der Waals surface area contributed by atoms with Gasteiger partial charge in [-0.05, 0) is 77.3 Å². The van der Waals surface area contributed by atoms with Crippen LogP contribution in [-0.2, 0) is 13.2 Å². The Kier molecular flexibility index (Phi) is 7.38. The number of nitrogens with zero attached hydrogens (tertiary/aromatic N) is 1. The molecule has 0 amide bonds. The summed E-state index contributed by atoms with van der Waals surface area (Å²) in [6, 6.07) is 14.7. The fraction of sp³-hybridized carbons (Fsp3) is 0.429. The molecule has 1 unspecified atom stereocenters. The standard InChI is InChI=1S/C21H26BrClN2O/c1-2-25-11-3-4-19(25)14-24-13-17-7-10-21(20(22)12-17)26-15-16-5-8-18(23)9-6-16/h5-10,12,19,24H,2-4,11,13-15H2,1H3. The summed E-state index contributed by atoms with van der Waals surface area (Å²) < 4.78 is 6.90. The number of likely N-dealkylation sites (N-methyl/N-ethyl adjacent to an activating group) is 1. The molecule has 1 aliphatic rings. The maximum Gasteiger partial charge on any atom is 0.134 e. The Morgan fingerprint density at radius 3 is 2.69 bits per heavy atom. The average Bonchev–Trinajstić information content (AvgIpc) is 3.10. The monoisotopic (exact) mass is 436 g/mol. The highest BCUT2D eigenvalue weighted by Gasteiger charge is 2.22. The van der Waals surface area contributed by atoms with E-state index < -0.39 is 0 Å². The quantitative estimate of drug-likeness (QED) is 0.610. The molecule has 1 saturated heterocycles. The number of ether oxygens (including phenoxy) is 1. The molecule has 0 bridgehead atoms. The Hall–Kier alpha value is -1.07. The van der Waals surface area contributed by atoms with Crippen LogP contribution in [0.25, 0.3) is 0 Å². The normalized spacial score (nSPS) is 17.6. The van der Waals surface area contributed by atoms with Crippen LogP contribution in [0.2, 0.25) is 5.02 Å². The molecule has 26 heavy (non-hydrogen) atoms. The topological polar surface area (TPSA) is 24.5 Å². The lowest BCUT2D eigenvalue weighted by molar-refractivity contribution is 0.260. The van der Waals surface area contributed by atoms with Gasteiger partial charge in [0.1, 0.15) is 12.4 Å². The lowest BCUT2D eigenvalue weighted by Crippen LogP contribution is -2.37. The lowest BCUT2D eigenvalue weighted by Gasteiger charge is -2.23. The first-order valence-electron chi connectivity index (χ1n) is 9.26. The van der Waals surface area contributed by atoms with E-state index in [-0.39, 0.29) is 0 Å². The van der Waals surface area contributed by atoms with Crippen molar-refractivity contribution < 1.29 is 4.74 Å². The van der Waals surface area contributed by atoms with Crippen molar-refractivity contribution in [2.75, 3.05) is 19.6 Å². The highest BCUT2D eigenvalue weighted by molar-refractivity contribution is 9.10. The molecule has 3 nitrogen and oxygen atoms in total. The summed E-state index contributed by atoms with van der Waals surface area (Å²) in [5, 5.41) is 4.34. The third-order valence-corrected chi connectivity index (χ3v) is 5.79. The SMILES string of the molecule is CCN1CCCC1CNCc1ccc(OCc2ccc(Cl)cc2)c(Br)c1. The van der Waals surface area contributed by atoms with Crippen molar-refractivity contribution in [1.29, 1.82) is 0 Å². The molecule has 0 saturated carbocycles. The van der Waals surface area contributed by atoms with E-state index in [2.05, 4.69) is 45.2 Å². The Morgan fingerprint density at radius 1 is 1.19 bits per heavy atom. The molecule has 1 heterocycles. The van der Waals surface area contributed by atoms with Crippen LogP contribution in [0.4, 0.5) is 0 Å². The molecule has 0 spiro atoms. The van der Waals surface area contributed by atoms with Crippen molar-refractivity contribution in [1.82, 2.24) is 10.2 Å². The molecule has 3 rings (SSSR count). The van der Waals surface area contributed by atoms with Gasteiger partial charge in [0.2, 0.25) is 0 Å². The first kappa shape index (κ1) is 19.7. The average molecular weight is 438 g/mol. The number of nitrogens with one attached hydrogen (secondary N) is 1. The van der Waals surface area contributed by atoms with Gasteiger partial charge in [0.25, 0.3) is 0 Å². The van der Waals surface area contributed by atoms with Gasteiger partial charge in [-0.2, -0.15) is 0 Å². The third kappa shape index (κ3) is 5.46. The summed E-state index contributed by atoms with van der Waals surface area (Å²) in [6.07, 6.45) is 2.63. The lowest BCUT2D eigenvalue weighted by atomic mass is 10.2. The minimum absolute atomic E-state index is 0.530. The Morgan fingerprint density at radius 2 is 1.96 bits per heavy atom. The first-order chi connectivity index (χ1) is 12.7. The van der Waals surface area contributed by atoms with Crippen LogP contribution in [0, 0.1) is 0 Å². The summed E-state index contributed by atoms with van der Waals surface area (Å²) >= 11 is 9.54. The minimum atomic E-state index is 0.530. The van der Waals surface area contributed by atoms with Crippen molar-refractivity contribution in [3.05, 3.63) is 63.1 Å². The van der Waals surface area contributed by atoms with Crippen molar-refractivity contribution in [2.24, 2.45) is 0 Å². The van der Waals surface area contributed by atoms with Gasteiger partial charge in [0.15, 0.2) is 0 Å². The number of likely N-dealkylation sites (tertiary alicyclic amines) is 1. The van der Waals surface area contributed by atoms with Gasteiger partial charge in [-0.25, -0.2) is 0 Å². The van der Waals surface area contributed by atoms with Gasteiger partial charge in [-0.3, -0.25) is 4.90 Å². The minimum Gasteiger partial charge on any atom is -0.488 e. The summed E-state index contributed by atoms with van der Waals surface area (Å²) in [4.78, 5) is 2.57. The maximum absolute atomic E-state index is 5.92. The molecule has 0 aromatic heterocycles. The zero-order valence-electron chi connectivity index (χ0n) is 15.2. The third-order valence-electron chi connectivity index (χ3n) is 4.92. The van der Waals surface area contributed by atoms with Gasteiger partial charge in [-0.15, -0.1) is 0 Å². The van der Waals surface area contributed by atoms with Gasteiger partial charge in [0, 0.05) is 24.2 Å². The molecule has 0 aliphatic carbocycles. The summed E-state index contributed by atoms with van der Waals surface area (Å²) in [5.41, 5.74) is 2.36. The van der Waals surface area contributed by atoms with Crippen LogP contribution in [0.5, 0.6) is 5.75 Å². The zero-order valence-corrected chi connectivity index (χ0v) is 17.5. The fourth-order valence-corrected chi connectivity index (χ4v) is 4.11. The number of hydrogen-bond acceptors (Lipinski definition) is 3. The van der Waals surface area contributed by atoms with E-state index in [0.29, 0.717) is 12.6 Å². The molecule has 1 fully saturated rings. The van der Waals surface area contributed by atoms with Crippen molar-refractivity contribution in [3.8, 4) is 5.75 Å². The molecule has 2 aromatic rings. The maximum atomic E-state index is 5.92. The van der Waals surface area contributed by atoms with Crippen LogP contribution in [0.1, 0.15) is 30.9 Å². The number of benzene rings is 2. The Balaban J connectivity index is 1.48. The molecule has 5 heteroatoms. The number of hydrogen-bond donors (Lipinski definition) is 1. The second-order valence-corrected chi connectivity index (χ2v) is 8.03. The van der Waals surface area contributed by atoms with Crippen LogP contribution in [0.15, 0.2) is 46.9 Å². The van der Waals surface area contributed by atoms with E-state index in [0.717, 1.165) is 40.4 Å². The fourth-order valence-electron chi connectivity index (χ4n) is 3.44. The molecule has 1 atom stereocenters. The van der Waals surface area contributed by atoms with E-state index in [1.54, 1.807) is 0 Å². The van der Waals surface area contributed by atoms with Gasteiger partial charge in [0.05, 0.1) is 4.47 Å². The predicted molar refractivity (Wildman–Crippen MR) is 112 cm³/mol. The van der Waals surface area contributed by atoms with Crippen LogP contribution < -0.4 is 10.1 Å². The highest BCUT2D eigenvalue weighted by atomic mass is 79.9. The Bertz CT molecular complexity index is 708. The van der Waals surface area contributed by atoms with Gasteiger partial charge < -0.3 is 10.1 Å².